The van der Waals surface area contributed by atoms with E-state index in [1.807, 2.05) is 0 Å². The average molecular weight is 266 g/mol. The Hall–Kier alpha value is -0.870. The van der Waals surface area contributed by atoms with E-state index in [1.165, 1.54) is 31.3 Å². The van der Waals surface area contributed by atoms with E-state index < -0.39 is 0 Å². The molecule has 4 nitrogen and oxygen atoms in total. The van der Waals surface area contributed by atoms with Crippen molar-refractivity contribution >= 4 is 5.91 Å². The summed E-state index contributed by atoms with van der Waals surface area (Å²) in [6.07, 6.45) is 10.7. The highest BCUT2D eigenvalue weighted by molar-refractivity contribution is 5.77. The Morgan fingerprint density at radius 2 is 2.21 bits per heavy atom. The molecule has 2 aliphatic rings. The van der Waals surface area contributed by atoms with Crippen molar-refractivity contribution in [2.45, 2.75) is 51.0 Å². The van der Waals surface area contributed by atoms with Crippen LogP contribution in [-0.2, 0) is 9.53 Å². The summed E-state index contributed by atoms with van der Waals surface area (Å²) in [5, 5.41) is 6.24. The Morgan fingerprint density at radius 3 is 2.95 bits per heavy atom. The fourth-order valence-electron chi connectivity index (χ4n) is 2.70. The van der Waals surface area contributed by atoms with Gasteiger partial charge in [-0.1, -0.05) is 11.6 Å². The fraction of sp³-hybridized carbons (Fsp3) is 0.800. The zero-order chi connectivity index (χ0) is 13.3. The van der Waals surface area contributed by atoms with E-state index in [2.05, 4.69) is 16.7 Å². The third-order valence-corrected chi connectivity index (χ3v) is 3.89. The predicted octanol–water partition coefficient (Wildman–Crippen LogP) is 1.76. The first-order chi connectivity index (χ1) is 9.34. The van der Waals surface area contributed by atoms with E-state index in [1.54, 1.807) is 0 Å². The molecule has 108 valence electrons. The number of hydrogen-bond donors (Lipinski definition) is 2. The van der Waals surface area contributed by atoms with Gasteiger partial charge in [-0.25, -0.2) is 0 Å². The molecule has 19 heavy (non-hydrogen) atoms. The zero-order valence-corrected chi connectivity index (χ0v) is 11.7. The molecule has 2 N–H and O–H groups in total. The number of nitrogens with one attached hydrogen (secondary N) is 2. The molecular weight excluding hydrogens is 240 g/mol. The van der Waals surface area contributed by atoms with Crippen LogP contribution < -0.4 is 10.6 Å². The Balaban J connectivity index is 1.52. The van der Waals surface area contributed by atoms with Crippen LogP contribution in [0.3, 0.4) is 0 Å². The molecule has 0 atom stereocenters. The molecule has 0 aromatic rings. The van der Waals surface area contributed by atoms with Crippen molar-refractivity contribution in [3.05, 3.63) is 11.6 Å². The summed E-state index contributed by atoms with van der Waals surface area (Å²) in [5.41, 5.74) is 1.51. The largest absolute Gasteiger partial charge is 0.368 e. The van der Waals surface area contributed by atoms with Gasteiger partial charge in [-0.3, -0.25) is 4.79 Å². The van der Waals surface area contributed by atoms with E-state index in [0.717, 1.165) is 38.9 Å². The summed E-state index contributed by atoms with van der Waals surface area (Å²) in [7, 11) is 0. The van der Waals surface area contributed by atoms with Crippen LogP contribution in [0, 0.1) is 0 Å². The minimum atomic E-state index is 0.0231. The van der Waals surface area contributed by atoms with Gasteiger partial charge in [0.05, 0.1) is 6.10 Å². The van der Waals surface area contributed by atoms with Crippen molar-refractivity contribution in [2.24, 2.45) is 0 Å². The maximum atomic E-state index is 11.7. The fourth-order valence-corrected chi connectivity index (χ4v) is 2.70. The summed E-state index contributed by atoms with van der Waals surface area (Å²) >= 11 is 0. The maximum Gasteiger partial charge on any atom is 0.246 e. The summed E-state index contributed by atoms with van der Waals surface area (Å²) in [6, 6.07) is 0. The van der Waals surface area contributed by atoms with Gasteiger partial charge in [0.1, 0.15) is 6.61 Å². The molecule has 2 rings (SSSR count). The zero-order valence-electron chi connectivity index (χ0n) is 11.7. The van der Waals surface area contributed by atoms with Crippen LogP contribution in [0.4, 0.5) is 0 Å². The van der Waals surface area contributed by atoms with Crippen LogP contribution in [-0.4, -0.2) is 38.3 Å². The van der Waals surface area contributed by atoms with Crippen molar-refractivity contribution in [3.63, 3.8) is 0 Å². The van der Waals surface area contributed by atoms with E-state index >= 15 is 0 Å². The third-order valence-electron chi connectivity index (χ3n) is 3.89. The number of piperidine rings is 1. The Kier molecular flexibility index (Phi) is 6.37. The average Bonchev–Trinajstić information content (AvgIpc) is 2.47. The van der Waals surface area contributed by atoms with Crippen molar-refractivity contribution in [1.29, 1.82) is 0 Å². The van der Waals surface area contributed by atoms with Crippen molar-refractivity contribution in [1.82, 2.24) is 10.6 Å². The predicted molar refractivity (Wildman–Crippen MR) is 76.0 cm³/mol. The summed E-state index contributed by atoms with van der Waals surface area (Å²) < 4.78 is 5.62. The number of amides is 1. The number of ether oxygens (including phenoxy) is 1. The minimum Gasteiger partial charge on any atom is -0.368 e. The lowest BCUT2D eigenvalue weighted by atomic mass is 9.97. The standard InChI is InChI=1S/C15H26N2O2/c18-15(12-19-14-7-9-16-10-8-14)17-11-6-13-4-2-1-3-5-13/h4,14,16H,1-3,5-12H2,(H,17,18). The second-order valence-electron chi connectivity index (χ2n) is 5.47. The maximum absolute atomic E-state index is 11.7. The van der Waals surface area contributed by atoms with Crippen LogP contribution in [0.5, 0.6) is 0 Å². The third kappa shape index (κ3) is 5.74. The molecule has 0 aromatic heterocycles. The highest BCUT2D eigenvalue weighted by atomic mass is 16.5. The van der Waals surface area contributed by atoms with Crippen molar-refractivity contribution < 1.29 is 9.53 Å². The molecule has 1 fully saturated rings. The van der Waals surface area contributed by atoms with E-state index in [9.17, 15) is 4.79 Å². The molecule has 0 radical (unpaired) electrons. The second-order valence-corrected chi connectivity index (χ2v) is 5.47. The molecule has 0 unspecified atom stereocenters. The van der Waals surface area contributed by atoms with Gasteiger partial charge in [0.15, 0.2) is 0 Å². The second kappa shape index (κ2) is 8.33. The lowest BCUT2D eigenvalue weighted by molar-refractivity contribution is -0.128. The molecule has 1 amide bonds. The van der Waals surface area contributed by atoms with Gasteiger partial charge in [-0.05, 0) is 58.0 Å². The Bertz CT molecular complexity index is 309. The molecule has 0 saturated carbocycles. The number of rotatable bonds is 6. The summed E-state index contributed by atoms with van der Waals surface area (Å²) in [6.45, 7) is 2.96. The van der Waals surface area contributed by atoms with Gasteiger partial charge in [-0.2, -0.15) is 0 Å². The smallest absolute Gasteiger partial charge is 0.246 e. The highest BCUT2D eigenvalue weighted by Crippen LogP contribution is 2.19. The first-order valence-corrected chi connectivity index (χ1v) is 7.61. The van der Waals surface area contributed by atoms with E-state index in [0.29, 0.717) is 0 Å². The molecule has 0 bridgehead atoms. The summed E-state index contributed by atoms with van der Waals surface area (Å²) in [5.74, 6) is 0.0231. The molecule has 0 aromatic carbocycles. The minimum absolute atomic E-state index is 0.0231. The molecule has 1 saturated heterocycles. The first-order valence-electron chi connectivity index (χ1n) is 7.61. The Labute approximate surface area is 116 Å². The van der Waals surface area contributed by atoms with Crippen LogP contribution in [0.2, 0.25) is 0 Å². The highest BCUT2D eigenvalue weighted by Gasteiger charge is 2.14. The molecule has 1 aliphatic heterocycles. The number of hydrogen-bond acceptors (Lipinski definition) is 3. The molecule has 1 heterocycles. The van der Waals surface area contributed by atoms with E-state index in [-0.39, 0.29) is 18.6 Å². The Morgan fingerprint density at radius 1 is 1.37 bits per heavy atom. The summed E-state index contributed by atoms with van der Waals surface area (Å²) in [4.78, 5) is 11.7. The SMILES string of the molecule is O=C(COC1CCNCC1)NCCC1=CCCCC1. The van der Waals surface area contributed by atoms with Crippen LogP contribution in [0.15, 0.2) is 11.6 Å². The van der Waals surface area contributed by atoms with Gasteiger partial charge in [-0.15, -0.1) is 0 Å². The van der Waals surface area contributed by atoms with Gasteiger partial charge in [0, 0.05) is 6.54 Å². The van der Waals surface area contributed by atoms with Crippen molar-refractivity contribution in [3.8, 4) is 0 Å². The van der Waals surface area contributed by atoms with Crippen molar-refractivity contribution in [2.75, 3.05) is 26.2 Å². The van der Waals surface area contributed by atoms with Gasteiger partial charge >= 0.3 is 0 Å². The quantitative estimate of drug-likeness (QED) is 0.720. The molecule has 1 aliphatic carbocycles. The van der Waals surface area contributed by atoms with Crippen LogP contribution >= 0.6 is 0 Å². The van der Waals surface area contributed by atoms with Gasteiger partial charge in [0.2, 0.25) is 5.91 Å². The van der Waals surface area contributed by atoms with Crippen LogP contribution in [0.1, 0.15) is 44.9 Å². The molecule has 0 spiro atoms. The lowest BCUT2D eigenvalue weighted by Gasteiger charge is -2.22. The molecule has 4 heteroatoms. The van der Waals surface area contributed by atoms with Gasteiger partial charge < -0.3 is 15.4 Å². The lowest BCUT2D eigenvalue weighted by Crippen LogP contribution is -2.36. The first kappa shape index (κ1) is 14.5. The van der Waals surface area contributed by atoms with Gasteiger partial charge in [0.25, 0.3) is 0 Å². The number of carbonyl (C=O) groups excluding carboxylic acids is 1. The number of carbonyl (C=O) groups is 1. The number of allylic oxidation sites excluding steroid dienone is 1. The van der Waals surface area contributed by atoms with Crippen LogP contribution in [0.25, 0.3) is 0 Å². The van der Waals surface area contributed by atoms with E-state index in [4.69, 9.17) is 4.74 Å². The topological polar surface area (TPSA) is 50.4 Å². The molecular formula is C15H26N2O2. The normalized spacial score (nSPS) is 20.9. The monoisotopic (exact) mass is 266 g/mol.